The Bertz CT molecular complexity index is 293. The summed E-state index contributed by atoms with van der Waals surface area (Å²) in [7, 11) is 0. The van der Waals surface area contributed by atoms with Gasteiger partial charge in [-0.05, 0) is 41.5 Å². The van der Waals surface area contributed by atoms with Crippen LogP contribution in [0.1, 0.15) is 41.5 Å². The molecule has 0 unspecified atom stereocenters. The molecule has 0 atom stereocenters. The first kappa shape index (κ1) is 16.8. The van der Waals surface area contributed by atoms with Gasteiger partial charge >= 0.3 is 0 Å². The molecule has 0 heterocycles. The van der Waals surface area contributed by atoms with Gasteiger partial charge in [0.15, 0.2) is 11.6 Å². The van der Waals surface area contributed by atoms with E-state index >= 15 is 0 Å². The molecule has 0 aliphatic carbocycles. The Hall–Kier alpha value is -1.58. The van der Waals surface area contributed by atoms with Gasteiger partial charge < -0.3 is 10.2 Å². The third-order valence-corrected chi connectivity index (χ3v) is 2.14. The van der Waals surface area contributed by atoms with Crippen LogP contribution in [0.3, 0.4) is 0 Å². The van der Waals surface area contributed by atoms with E-state index in [2.05, 4.69) is 0 Å². The van der Waals surface area contributed by atoms with Gasteiger partial charge in [0.1, 0.15) is 0 Å². The number of aliphatic hydroxyl groups is 2. The summed E-state index contributed by atoms with van der Waals surface area (Å²) in [6, 6.07) is 0. The maximum Gasteiger partial charge on any atom is 0.158 e. The van der Waals surface area contributed by atoms with Crippen molar-refractivity contribution in [3.05, 3.63) is 22.7 Å². The largest absolute Gasteiger partial charge is 0.512 e. The molecule has 0 saturated carbocycles. The zero-order valence-corrected chi connectivity index (χ0v) is 10.7. The quantitative estimate of drug-likeness (QED) is 0.563. The van der Waals surface area contributed by atoms with Crippen molar-refractivity contribution in [2.75, 3.05) is 0 Å². The molecule has 0 amide bonds. The molecule has 92 valence electrons. The average molecular weight is 228 g/mol. The van der Waals surface area contributed by atoms with Crippen LogP contribution in [0, 0.1) is 0 Å². The molecule has 4 nitrogen and oxygen atoms in total. The normalized spacial score (nSPS) is 12.9. The van der Waals surface area contributed by atoms with Crippen molar-refractivity contribution in [1.29, 1.82) is 0 Å². The number of carbonyl (C=O) groups excluding carboxylic acids is 2. The lowest BCUT2D eigenvalue weighted by Gasteiger charge is -1.92. The second kappa shape index (κ2) is 7.68. The van der Waals surface area contributed by atoms with Crippen LogP contribution in [0.4, 0.5) is 0 Å². The molecule has 0 spiro atoms. The number of allylic oxidation sites excluding steroid dienone is 4. The van der Waals surface area contributed by atoms with Gasteiger partial charge in [-0.25, -0.2) is 0 Å². The molecule has 0 saturated heterocycles. The van der Waals surface area contributed by atoms with Gasteiger partial charge in [0.05, 0.1) is 11.5 Å². The number of carbonyl (C=O) groups is 2. The van der Waals surface area contributed by atoms with Crippen LogP contribution in [-0.2, 0) is 9.59 Å². The molecule has 4 heteroatoms. The zero-order chi connectivity index (χ0) is 13.5. The van der Waals surface area contributed by atoms with Crippen molar-refractivity contribution in [1.82, 2.24) is 0 Å². The Morgan fingerprint density at radius 2 is 0.812 bits per heavy atom. The van der Waals surface area contributed by atoms with Crippen LogP contribution in [0.2, 0.25) is 0 Å². The molecular weight excluding hydrogens is 208 g/mol. The Morgan fingerprint density at radius 1 is 0.625 bits per heavy atom. The number of ketones is 2. The van der Waals surface area contributed by atoms with Crippen LogP contribution >= 0.6 is 0 Å². The van der Waals surface area contributed by atoms with Gasteiger partial charge in [0.2, 0.25) is 0 Å². The minimum absolute atomic E-state index is 0.0787. The van der Waals surface area contributed by atoms with E-state index in [0.29, 0.717) is 11.1 Å². The summed E-state index contributed by atoms with van der Waals surface area (Å²) in [5.41, 5.74) is 0.870. The second-order valence-corrected chi connectivity index (χ2v) is 3.53. The topological polar surface area (TPSA) is 74.6 Å². The monoisotopic (exact) mass is 228 g/mol. The molecule has 2 N–H and O–H groups in total. The molecule has 0 radical (unpaired) electrons. The van der Waals surface area contributed by atoms with E-state index in [4.69, 9.17) is 10.2 Å². The molecule has 0 fully saturated rings. The zero-order valence-electron chi connectivity index (χ0n) is 10.7. The fourth-order valence-corrected chi connectivity index (χ4v) is 0.510. The molecule has 0 aromatic heterocycles. The summed E-state index contributed by atoms with van der Waals surface area (Å²) < 4.78 is 0. The maximum atomic E-state index is 10.4. The Morgan fingerprint density at radius 3 is 0.812 bits per heavy atom. The Kier molecular flexibility index (Phi) is 8.08. The summed E-state index contributed by atoms with van der Waals surface area (Å²) >= 11 is 0. The molecule has 0 aliphatic rings. The summed E-state index contributed by atoms with van der Waals surface area (Å²) in [5, 5.41) is 17.3. The van der Waals surface area contributed by atoms with Crippen molar-refractivity contribution < 1.29 is 19.8 Å². The number of hydrogen-bond acceptors (Lipinski definition) is 4. The second-order valence-electron chi connectivity index (χ2n) is 3.53. The van der Waals surface area contributed by atoms with Crippen molar-refractivity contribution in [3.8, 4) is 0 Å². The first-order chi connectivity index (χ1) is 7.11. The summed E-state index contributed by atoms with van der Waals surface area (Å²) in [5.74, 6) is 0.0602. The van der Waals surface area contributed by atoms with Crippen LogP contribution in [0.5, 0.6) is 0 Å². The van der Waals surface area contributed by atoms with Crippen LogP contribution in [0.25, 0.3) is 0 Å². The first-order valence-electron chi connectivity index (χ1n) is 4.86. The number of aliphatic hydroxyl groups excluding tert-OH is 2. The van der Waals surface area contributed by atoms with E-state index in [1.165, 1.54) is 27.7 Å². The van der Waals surface area contributed by atoms with Crippen molar-refractivity contribution in [3.63, 3.8) is 0 Å². The highest BCUT2D eigenvalue weighted by Gasteiger charge is 1.98. The highest BCUT2D eigenvalue weighted by Crippen LogP contribution is 1.99. The fourth-order valence-electron chi connectivity index (χ4n) is 0.510. The highest BCUT2D eigenvalue weighted by molar-refractivity contribution is 5.93. The number of rotatable bonds is 2. The molecule has 0 aromatic rings. The molecule has 0 bridgehead atoms. The average Bonchev–Trinajstić information content (AvgIpc) is 2.15. The third kappa shape index (κ3) is 7.79. The molecule has 0 aromatic carbocycles. The lowest BCUT2D eigenvalue weighted by Crippen LogP contribution is -1.94. The van der Waals surface area contributed by atoms with Gasteiger partial charge in [-0.1, -0.05) is 0 Å². The maximum absolute atomic E-state index is 10.4. The van der Waals surface area contributed by atoms with Gasteiger partial charge in [-0.15, -0.1) is 0 Å². The minimum atomic E-state index is -0.0787. The van der Waals surface area contributed by atoms with Crippen molar-refractivity contribution in [2.24, 2.45) is 0 Å². The van der Waals surface area contributed by atoms with E-state index in [9.17, 15) is 9.59 Å². The van der Waals surface area contributed by atoms with Gasteiger partial charge in [0.25, 0.3) is 0 Å². The predicted molar refractivity (Wildman–Crippen MR) is 63.4 cm³/mol. The van der Waals surface area contributed by atoms with Crippen LogP contribution in [0.15, 0.2) is 22.7 Å². The summed E-state index contributed by atoms with van der Waals surface area (Å²) in [4.78, 5) is 20.7. The van der Waals surface area contributed by atoms with E-state index < -0.39 is 0 Å². The Labute approximate surface area is 96.3 Å². The van der Waals surface area contributed by atoms with E-state index in [-0.39, 0.29) is 23.1 Å². The van der Waals surface area contributed by atoms with Crippen LogP contribution < -0.4 is 0 Å². The lowest BCUT2D eigenvalue weighted by atomic mass is 10.2. The number of Topliss-reactive ketones (excluding diaryl/α,β-unsaturated/α-hetero) is 2. The molecule has 0 rings (SSSR count). The standard InChI is InChI=1S/2C6H10O2/c2*1-4(5(2)7)6(3)8/h2*7H,1-3H3/b2*5-4-. The molecule has 16 heavy (non-hydrogen) atoms. The number of hydrogen-bond donors (Lipinski definition) is 2. The minimum Gasteiger partial charge on any atom is -0.512 e. The molecule has 0 aliphatic heterocycles. The SMILES string of the molecule is CC(=O)/C(C)=C(/C)O.CC(=O)/C(C)=C(/C)O. The van der Waals surface area contributed by atoms with Crippen LogP contribution in [-0.4, -0.2) is 21.8 Å². The smallest absolute Gasteiger partial charge is 0.158 e. The third-order valence-electron chi connectivity index (χ3n) is 2.14. The summed E-state index contributed by atoms with van der Waals surface area (Å²) in [6.07, 6.45) is 0. The van der Waals surface area contributed by atoms with Gasteiger partial charge in [0, 0.05) is 11.1 Å². The Balaban J connectivity index is 0. The van der Waals surface area contributed by atoms with Gasteiger partial charge in [-0.3, -0.25) is 9.59 Å². The van der Waals surface area contributed by atoms with E-state index in [0.717, 1.165) is 0 Å². The van der Waals surface area contributed by atoms with Gasteiger partial charge in [-0.2, -0.15) is 0 Å². The molecular formula is C12H20O4. The predicted octanol–water partition coefficient (Wildman–Crippen LogP) is 2.85. The fraction of sp³-hybridized carbons (Fsp3) is 0.500. The summed E-state index contributed by atoms with van der Waals surface area (Å²) in [6.45, 7) is 9.03. The highest BCUT2D eigenvalue weighted by atomic mass is 16.3. The lowest BCUT2D eigenvalue weighted by molar-refractivity contribution is -0.114. The van der Waals surface area contributed by atoms with Crippen molar-refractivity contribution in [2.45, 2.75) is 41.5 Å². The van der Waals surface area contributed by atoms with E-state index in [1.54, 1.807) is 13.8 Å². The first-order valence-corrected chi connectivity index (χ1v) is 4.86. The van der Waals surface area contributed by atoms with E-state index in [1.807, 2.05) is 0 Å². The van der Waals surface area contributed by atoms with Crippen molar-refractivity contribution >= 4 is 11.6 Å².